The van der Waals surface area contributed by atoms with Crippen LogP contribution in [-0.2, 0) is 38.1 Å². The summed E-state index contributed by atoms with van der Waals surface area (Å²) in [5.41, 5.74) is 0.703. The highest BCUT2D eigenvalue weighted by atomic mass is 16.7. The van der Waals surface area contributed by atoms with Crippen molar-refractivity contribution in [1.29, 1.82) is 0 Å². The first kappa shape index (κ1) is 30.4. The average molecular weight is 581 g/mol. The molecule has 0 bridgehead atoms. The van der Waals surface area contributed by atoms with E-state index in [4.69, 9.17) is 23.7 Å². The van der Waals surface area contributed by atoms with Crippen molar-refractivity contribution in [2.75, 3.05) is 7.11 Å². The molecule has 4 fully saturated rings. The smallest absolute Gasteiger partial charge is 0.337 e. The van der Waals surface area contributed by atoms with Crippen LogP contribution < -0.4 is 0 Å². The molecular weight excluding hydrogens is 536 g/mol. The average Bonchev–Trinajstić information content (AvgIpc) is 3.24. The van der Waals surface area contributed by atoms with Crippen LogP contribution in [0.1, 0.15) is 72.6 Å². The molecule has 0 aromatic heterocycles. The summed E-state index contributed by atoms with van der Waals surface area (Å²) < 4.78 is 28.4. The molecule has 5 rings (SSSR count). The van der Waals surface area contributed by atoms with Gasteiger partial charge in [-0.05, 0) is 61.7 Å². The molecule has 1 saturated heterocycles. The van der Waals surface area contributed by atoms with Crippen molar-refractivity contribution in [2.45, 2.75) is 122 Å². The van der Waals surface area contributed by atoms with Crippen molar-refractivity contribution in [1.82, 2.24) is 0 Å². The minimum Gasteiger partial charge on any atom is -0.467 e. The highest BCUT2D eigenvalue weighted by Crippen LogP contribution is 2.66. The minimum absolute atomic E-state index is 0.0234. The van der Waals surface area contributed by atoms with E-state index < -0.39 is 42.8 Å². The molecule has 41 heavy (non-hydrogen) atoms. The zero-order valence-corrected chi connectivity index (χ0v) is 24.5. The summed E-state index contributed by atoms with van der Waals surface area (Å²) in [5.74, 6) is -1.18. The Kier molecular flexibility index (Phi) is 8.32. The Hall–Kier alpha value is -2.05. The van der Waals surface area contributed by atoms with E-state index in [-0.39, 0.29) is 52.7 Å². The minimum atomic E-state index is -1.69. The standard InChI is InChI=1S/C30H44O11/c1-14(31)38-17-8-10-29(3)16(12-17)13-20(40-28-25(35)23(33)24(34)26(41-28)27(36)37-5)22-18-6-7-21(39-15(2)32)30(18,4)11-9-19(22)29/h13,17-26,28,33-35H,6-12H2,1-5H3/t17?,18?,19?,20?,21?,22?,23-,24-,25+,26-,28?,29-,30-/m0/s1. The van der Waals surface area contributed by atoms with Crippen LogP contribution in [0.15, 0.2) is 11.6 Å². The fourth-order valence-corrected chi connectivity index (χ4v) is 8.83. The Morgan fingerprint density at radius 2 is 1.61 bits per heavy atom. The Morgan fingerprint density at radius 3 is 2.27 bits per heavy atom. The van der Waals surface area contributed by atoms with Gasteiger partial charge in [0.15, 0.2) is 12.4 Å². The van der Waals surface area contributed by atoms with Gasteiger partial charge in [0, 0.05) is 25.7 Å². The first-order chi connectivity index (χ1) is 19.3. The SMILES string of the molecule is COC(=O)[C@H]1OC(OC2C=C3CC(OC(C)=O)CC[C@]3(C)C3CC[C@]4(C)C(OC(C)=O)CCC4C23)[C@H](O)[C@@H](O)[C@@H]1O. The lowest BCUT2D eigenvalue weighted by Gasteiger charge is -2.59. The van der Waals surface area contributed by atoms with Gasteiger partial charge in [0.2, 0.25) is 0 Å². The van der Waals surface area contributed by atoms with E-state index in [2.05, 4.69) is 19.9 Å². The second-order valence-corrected chi connectivity index (χ2v) is 13.1. The van der Waals surface area contributed by atoms with Gasteiger partial charge in [-0.3, -0.25) is 9.59 Å². The number of hydrogen-bond acceptors (Lipinski definition) is 11. The molecule has 4 aliphatic carbocycles. The highest BCUT2D eigenvalue weighted by molar-refractivity contribution is 5.75. The normalized spacial score (nSPS) is 47.2. The van der Waals surface area contributed by atoms with E-state index in [1.807, 2.05) is 0 Å². The van der Waals surface area contributed by atoms with Crippen LogP contribution in [0.5, 0.6) is 0 Å². The van der Waals surface area contributed by atoms with Crippen LogP contribution in [0.4, 0.5) is 0 Å². The molecule has 3 N–H and O–H groups in total. The molecule has 11 heteroatoms. The van der Waals surface area contributed by atoms with Crippen LogP contribution in [0.25, 0.3) is 0 Å². The van der Waals surface area contributed by atoms with E-state index in [1.165, 1.54) is 13.8 Å². The van der Waals surface area contributed by atoms with E-state index in [0.29, 0.717) is 6.42 Å². The summed E-state index contributed by atoms with van der Waals surface area (Å²) in [6.07, 6.45) is -1.35. The van der Waals surface area contributed by atoms with Gasteiger partial charge in [0.1, 0.15) is 30.5 Å². The van der Waals surface area contributed by atoms with Crippen LogP contribution in [0, 0.1) is 28.6 Å². The topological polar surface area (TPSA) is 158 Å². The highest BCUT2D eigenvalue weighted by Gasteiger charge is 2.63. The molecule has 230 valence electrons. The number of aliphatic hydroxyl groups is 3. The van der Waals surface area contributed by atoms with Crippen LogP contribution in [0.3, 0.4) is 0 Å². The van der Waals surface area contributed by atoms with Gasteiger partial charge in [-0.1, -0.05) is 25.5 Å². The zero-order chi connectivity index (χ0) is 29.9. The van der Waals surface area contributed by atoms with Gasteiger partial charge in [-0.15, -0.1) is 0 Å². The van der Waals surface area contributed by atoms with Gasteiger partial charge >= 0.3 is 17.9 Å². The Morgan fingerprint density at radius 1 is 0.902 bits per heavy atom. The molecule has 0 aromatic rings. The molecule has 1 aliphatic heterocycles. The number of esters is 3. The molecule has 0 spiro atoms. The number of carbonyl (C=O) groups excluding carboxylic acids is 3. The molecule has 0 radical (unpaired) electrons. The van der Waals surface area contributed by atoms with Crippen molar-refractivity contribution >= 4 is 17.9 Å². The van der Waals surface area contributed by atoms with E-state index in [0.717, 1.165) is 51.2 Å². The summed E-state index contributed by atoms with van der Waals surface area (Å²) in [6.45, 7) is 7.30. The van der Waals surface area contributed by atoms with Crippen LogP contribution in [0.2, 0.25) is 0 Å². The lowest BCUT2D eigenvalue weighted by molar-refractivity contribution is -0.310. The van der Waals surface area contributed by atoms with Crippen molar-refractivity contribution in [3.05, 3.63) is 11.6 Å². The molecule has 0 aromatic carbocycles. The van der Waals surface area contributed by atoms with Crippen LogP contribution in [-0.4, -0.2) is 89.4 Å². The summed E-state index contributed by atoms with van der Waals surface area (Å²) in [7, 11) is 1.15. The Balaban J connectivity index is 1.51. The van der Waals surface area contributed by atoms with Gasteiger partial charge in [-0.25, -0.2) is 4.79 Å². The molecule has 5 aliphatic rings. The van der Waals surface area contributed by atoms with Gasteiger partial charge in [0.05, 0.1) is 13.2 Å². The number of ether oxygens (including phenoxy) is 5. The van der Waals surface area contributed by atoms with Crippen molar-refractivity contribution in [3.8, 4) is 0 Å². The number of fused-ring (bicyclic) bond motifs is 5. The number of carbonyl (C=O) groups is 3. The van der Waals surface area contributed by atoms with E-state index in [1.54, 1.807) is 0 Å². The van der Waals surface area contributed by atoms with Gasteiger partial charge in [0.25, 0.3) is 0 Å². The van der Waals surface area contributed by atoms with Crippen molar-refractivity contribution in [3.63, 3.8) is 0 Å². The largest absolute Gasteiger partial charge is 0.467 e. The van der Waals surface area contributed by atoms with Crippen LogP contribution >= 0.6 is 0 Å². The summed E-state index contributed by atoms with van der Waals surface area (Å²) in [4.78, 5) is 36.0. The quantitative estimate of drug-likeness (QED) is 0.247. The summed E-state index contributed by atoms with van der Waals surface area (Å²) >= 11 is 0. The van der Waals surface area contributed by atoms with Gasteiger partial charge in [-0.2, -0.15) is 0 Å². The number of rotatable bonds is 5. The maximum absolute atomic E-state index is 12.3. The van der Waals surface area contributed by atoms with Crippen molar-refractivity contribution < 1.29 is 53.4 Å². The fourth-order valence-electron chi connectivity index (χ4n) is 8.83. The predicted octanol–water partition coefficient (Wildman–Crippen LogP) is 1.79. The van der Waals surface area contributed by atoms with E-state index >= 15 is 0 Å². The van der Waals surface area contributed by atoms with Gasteiger partial charge < -0.3 is 39.0 Å². The predicted molar refractivity (Wildman–Crippen MR) is 142 cm³/mol. The van der Waals surface area contributed by atoms with Crippen molar-refractivity contribution in [2.24, 2.45) is 28.6 Å². The fraction of sp³-hybridized carbons (Fsp3) is 0.833. The molecule has 0 amide bonds. The monoisotopic (exact) mass is 580 g/mol. The second kappa shape index (κ2) is 11.2. The second-order valence-electron chi connectivity index (χ2n) is 13.1. The summed E-state index contributed by atoms with van der Waals surface area (Å²) in [5, 5.41) is 31.8. The third kappa shape index (κ3) is 5.22. The molecule has 3 saturated carbocycles. The lowest BCUT2D eigenvalue weighted by Crippen LogP contribution is -2.62. The number of methoxy groups -OCH3 is 1. The maximum Gasteiger partial charge on any atom is 0.337 e. The summed E-state index contributed by atoms with van der Waals surface area (Å²) in [6, 6.07) is 0. The first-order valence-corrected chi connectivity index (χ1v) is 14.8. The van der Waals surface area contributed by atoms with E-state index in [9.17, 15) is 29.7 Å². The number of aliphatic hydroxyl groups excluding tert-OH is 3. The lowest BCUT2D eigenvalue weighted by atomic mass is 9.47. The Labute approximate surface area is 240 Å². The molecule has 11 nitrogen and oxygen atoms in total. The molecule has 1 heterocycles. The zero-order valence-electron chi connectivity index (χ0n) is 24.5. The third-order valence-electron chi connectivity index (χ3n) is 10.9. The first-order valence-electron chi connectivity index (χ1n) is 14.8. The molecule has 13 atom stereocenters. The Bertz CT molecular complexity index is 1070. The number of hydrogen-bond donors (Lipinski definition) is 3. The third-order valence-corrected chi connectivity index (χ3v) is 10.9. The molecule has 7 unspecified atom stereocenters. The maximum atomic E-state index is 12.3. The molecular formula is C30H44O11.